The van der Waals surface area contributed by atoms with Gasteiger partial charge < -0.3 is 14.6 Å². The first-order chi connectivity index (χ1) is 8.81. The molecule has 0 aromatic rings. The summed E-state index contributed by atoms with van der Waals surface area (Å²) in [6.07, 6.45) is 4.76. The lowest BCUT2D eigenvalue weighted by Crippen LogP contribution is -2.37. The topological polar surface area (TPSA) is 38.7 Å². The first-order valence-corrected chi connectivity index (χ1v) is 7.85. The molecule has 3 nitrogen and oxygen atoms in total. The highest BCUT2D eigenvalue weighted by molar-refractivity contribution is 4.71. The zero-order valence-corrected chi connectivity index (χ0v) is 13.3. The zero-order valence-electron chi connectivity index (χ0n) is 13.3. The summed E-state index contributed by atoms with van der Waals surface area (Å²) in [4.78, 5) is 0. The molecule has 1 fully saturated rings. The molecule has 1 saturated heterocycles. The first kappa shape index (κ1) is 16.9. The Morgan fingerprint density at radius 2 is 1.68 bits per heavy atom. The quantitative estimate of drug-likeness (QED) is 0.680. The molecule has 0 aromatic heterocycles. The third-order valence-electron chi connectivity index (χ3n) is 3.59. The second-order valence-corrected chi connectivity index (χ2v) is 7.00. The van der Waals surface area contributed by atoms with Gasteiger partial charge in [0.2, 0.25) is 0 Å². The summed E-state index contributed by atoms with van der Waals surface area (Å²) in [5.74, 6) is 0.576. The van der Waals surface area contributed by atoms with Gasteiger partial charge in [0.25, 0.3) is 5.97 Å². The Kier molecular flexibility index (Phi) is 6.78. The van der Waals surface area contributed by atoms with E-state index >= 15 is 0 Å². The van der Waals surface area contributed by atoms with E-state index in [2.05, 4.69) is 34.6 Å². The lowest BCUT2D eigenvalue weighted by Gasteiger charge is -2.31. The lowest BCUT2D eigenvalue weighted by atomic mass is 9.91. The molecule has 3 unspecified atom stereocenters. The Morgan fingerprint density at radius 1 is 1.05 bits per heavy atom. The average Bonchev–Trinajstić information content (AvgIpc) is 2.61. The minimum atomic E-state index is -1.32. The highest BCUT2D eigenvalue weighted by Crippen LogP contribution is 2.30. The summed E-state index contributed by atoms with van der Waals surface area (Å²) in [6, 6.07) is 0. The van der Waals surface area contributed by atoms with E-state index in [1.54, 1.807) is 0 Å². The van der Waals surface area contributed by atoms with Gasteiger partial charge in [0.1, 0.15) is 0 Å². The van der Waals surface area contributed by atoms with Crippen LogP contribution < -0.4 is 0 Å². The number of ether oxygens (including phenoxy) is 2. The van der Waals surface area contributed by atoms with Crippen molar-refractivity contribution in [2.24, 2.45) is 17.8 Å². The molecule has 0 aromatic carbocycles. The van der Waals surface area contributed by atoms with Gasteiger partial charge in [0, 0.05) is 6.42 Å². The summed E-state index contributed by atoms with van der Waals surface area (Å²) in [7, 11) is 0. The molecule has 3 atom stereocenters. The van der Waals surface area contributed by atoms with Gasteiger partial charge in [-0.15, -0.1) is 0 Å². The molecule has 19 heavy (non-hydrogen) atoms. The monoisotopic (exact) mass is 272 g/mol. The highest BCUT2D eigenvalue weighted by atomic mass is 16.8. The summed E-state index contributed by atoms with van der Waals surface area (Å²) in [5.41, 5.74) is 0. The molecule has 1 heterocycles. The van der Waals surface area contributed by atoms with Crippen molar-refractivity contribution in [3.05, 3.63) is 0 Å². The zero-order chi connectivity index (χ0) is 14.5. The maximum Gasteiger partial charge on any atom is 0.280 e. The lowest BCUT2D eigenvalue weighted by molar-refractivity contribution is -0.357. The van der Waals surface area contributed by atoms with Crippen LogP contribution in [0.3, 0.4) is 0 Å². The van der Waals surface area contributed by atoms with Gasteiger partial charge in [-0.25, -0.2) is 0 Å². The smallest absolute Gasteiger partial charge is 0.280 e. The molecule has 0 aliphatic carbocycles. The molecule has 1 N–H and O–H groups in total. The normalized spacial score (nSPS) is 27.2. The molecule has 0 spiro atoms. The average molecular weight is 272 g/mol. The standard InChI is InChI=1S/C16H32O3/c1-12(2)9-14(5)11-15(10-13(3)4)19-16(17)7-6-8-18-16/h12-15,17H,6-11H2,1-5H3. The van der Waals surface area contributed by atoms with Crippen LogP contribution in [-0.2, 0) is 9.47 Å². The predicted molar refractivity (Wildman–Crippen MR) is 77.7 cm³/mol. The first-order valence-electron chi connectivity index (χ1n) is 7.85. The van der Waals surface area contributed by atoms with Crippen molar-refractivity contribution in [2.75, 3.05) is 6.61 Å². The Hall–Kier alpha value is -0.120. The van der Waals surface area contributed by atoms with Gasteiger partial charge in [-0.1, -0.05) is 34.6 Å². The van der Waals surface area contributed by atoms with Crippen LogP contribution in [0.5, 0.6) is 0 Å². The molecular formula is C16H32O3. The number of hydrogen-bond acceptors (Lipinski definition) is 3. The molecular weight excluding hydrogens is 240 g/mol. The van der Waals surface area contributed by atoms with Crippen LogP contribution in [0.4, 0.5) is 0 Å². The molecule has 3 heteroatoms. The van der Waals surface area contributed by atoms with E-state index in [4.69, 9.17) is 9.47 Å². The Labute approximate surface area is 118 Å². The van der Waals surface area contributed by atoms with Crippen LogP contribution >= 0.6 is 0 Å². The fraction of sp³-hybridized carbons (Fsp3) is 1.00. The van der Waals surface area contributed by atoms with Crippen molar-refractivity contribution in [1.82, 2.24) is 0 Å². The van der Waals surface area contributed by atoms with Crippen molar-refractivity contribution >= 4 is 0 Å². The van der Waals surface area contributed by atoms with Gasteiger partial charge in [-0.2, -0.15) is 0 Å². The van der Waals surface area contributed by atoms with Crippen LogP contribution in [0.1, 0.15) is 66.7 Å². The predicted octanol–water partition coefficient (Wildman–Crippen LogP) is 3.95. The van der Waals surface area contributed by atoms with Gasteiger partial charge >= 0.3 is 0 Å². The molecule has 0 bridgehead atoms. The van der Waals surface area contributed by atoms with Crippen molar-refractivity contribution in [2.45, 2.75) is 78.8 Å². The van der Waals surface area contributed by atoms with Crippen LogP contribution in [0.25, 0.3) is 0 Å². The Morgan fingerprint density at radius 3 is 2.16 bits per heavy atom. The molecule has 114 valence electrons. The Bertz CT molecular complexity index is 244. The van der Waals surface area contributed by atoms with E-state index in [1.807, 2.05) is 0 Å². The molecule has 1 aliphatic rings. The summed E-state index contributed by atoms with van der Waals surface area (Å²) >= 11 is 0. The van der Waals surface area contributed by atoms with Crippen LogP contribution in [-0.4, -0.2) is 23.8 Å². The van der Waals surface area contributed by atoms with E-state index in [0.29, 0.717) is 30.8 Å². The number of hydrogen-bond donors (Lipinski definition) is 1. The van der Waals surface area contributed by atoms with E-state index < -0.39 is 5.97 Å². The molecule has 0 radical (unpaired) electrons. The number of aliphatic hydroxyl groups is 1. The molecule has 1 aliphatic heterocycles. The van der Waals surface area contributed by atoms with Crippen LogP contribution in [0.2, 0.25) is 0 Å². The number of rotatable bonds is 8. The van der Waals surface area contributed by atoms with Crippen molar-refractivity contribution in [1.29, 1.82) is 0 Å². The fourth-order valence-electron chi connectivity index (χ4n) is 3.02. The van der Waals surface area contributed by atoms with Gasteiger partial charge in [-0.05, 0) is 43.4 Å². The van der Waals surface area contributed by atoms with Crippen molar-refractivity contribution < 1.29 is 14.6 Å². The second kappa shape index (κ2) is 7.61. The third kappa shape index (κ3) is 6.73. The van der Waals surface area contributed by atoms with Crippen molar-refractivity contribution in [3.8, 4) is 0 Å². The highest BCUT2D eigenvalue weighted by Gasteiger charge is 2.36. The molecule has 1 rings (SSSR count). The Balaban J connectivity index is 2.50. The van der Waals surface area contributed by atoms with Crippen LogP contribution in [0, 0.1) is 17.8 Å². The van der Waals surface area contributed by atoms with Gasteiger partial charge in [-0.3, -0.25) is 0 Å². The maximum absolute atomic E-state index is 10.2. The van der Waals surface area contributed by atoms with E-state index in [0.717, 1.165) is 19.3 Å². The van der Waals surface area contributed by atoms with E-state index in [9.17, 15) is 5.11 Å². The van der Waals surface area contributed by atoms with E-state index in [-0.39, 0.29) is 6.10 Å². The molecule has 0 saturated carbocycles. The summed E-state index contributed by atoms with van der Waals surface area (Å²) in [5, 5.41) is 10.2. The third-order valence-corrected chi connectivity index (χ3v) is 3.59. The largest absolute Gasteiger partial charge is 0.343 e. The maximum atomic E-state index is 10.2. The van der Waals surface area contributed by atoms with Gasteiger partial charge in [0.05, 0.1) is 12.7 Å². The van der Waals surface area contributed by atoms with Crippen LogP contribution in [0.15, 0.2) is 0 Å². The van der Waals surface area contributed by atoms with Gasteiger partial charge in [0.15, 0.2) is 0 Å². The second-order valence-electron chi connectivity index (χ2n) is 7.00. The minimum absolute atomic E-state index is 0.0943. The van der Waals surface area contributed by atoms with E-state index in [1.165, 1.54) is 6.42 Å². The SMILES string of the molecule is CC(C)CC(C)CC(CC(C)C)OC1(O)CCCO1. The van der Waals surface area contributed by atoms with Crippen molar-refractivity contribution in [3.63, 3.8) is 0 Å². The minimum Gasteiger partial charge on any atom is -0.343 e. The summed E-state index contributed by atoms with van der Waals surface area (Å²) in [6.45, 7) is 11.8. The molecule has 0 amide bonds. The fourth-order valence-corrected chi connectivity index (χ4v) is 3.02. The summed E-state index contributed by atoms with van der Waals surface area (Å²) < 4.78 is 11.2.